The Hall–Kier alpha value is -2.49. The summed E-state index contributed by atoms with van der Waals surface area (Å²) in [6.07, 6.45) is 10.7. The number of carbonyl (C=O) groups excluding carboxylic acids is 1. The molecule has 4 nitrogen and oxygen atoms in total. The lowest BCUT2D eigenvalue weighted by molar-refractivity contribution is -0.140. The van der Waals surface area contributed by atoms with Gasteiger partial charge in [0.2, 0.25) is 0 Å². The lowest BCUT2D eigenvalue weighted by Gasteiger charge is -2.09. The zero-order valence-corrected chi connectivity index (χ0v) is 16.9. The SMILES string of the molecule is CC(=O)OC/C(=C\Cc1cc(O)ccc1O)CC/C=C(\C)CCC=C(C)C. The van der Waals surface area contributed by atoms with E-state index < -0.39 is 0 Å². The van der Waals surface area contributed by atoms with Crippen LogP contribution >= 0.6 is 0 Å². The summed E-state index contributed by atoms with van der Waals surface area (Å²) >= 11 is 0. The standard InChI is InChI=1S/C23H32O4/c1-17(2)7-5-8-18(3)9-6-10-20(16-27-19(4)24)11-12-21-15-22(25)13-14-23(21)26/h7,9,11,13-15,25-26H,5-6,8,10,12,16H2,1-4H3/b18-9+,20-11-. The van der Waals surface area contributed by atoms with Crippen LogP contribution in [0.1, 0.15) is 58.9 Å². The van der Waals surface area contributed by atoms with Crippen molar-refractivity contribution in [2.24, 2.45) is 0 Å². The van der Waals surface area contributed by atoms with Gasteiger partial charge in [-0.3, -0.25) is 4.79 Å². The van der Waals surface area contributed by atoms with Crippen LogP contribution in [-0.2, 0) is 16.0 Å². The van der Waals surface area contributed by atoms with Crippen LogP contribution in [0.25, 0.3) is 0 Å². The molecule has 2 N–H and O–H groups in total. The summed E-state index contributed by atoms with van der Waals surface area (Å²) in [5.74, 6) is -0.0480. The van der Waals surface area contributed by atoms with Crippen molar-refractivity contribution in [2.75, 3.05) is 6.61 Å². The minimum atomic E-state index is -0.311. The lowest BCUT2D eigenvalue weighted by atomic mass is 10.0. The van der Waals surface area contributed by atoms with Crippen LogP contribution < -0.4 is 0 Å². The van der Waals surface area contributed by atoms with E-state index in [1.165, 1.54) is 30.2 Å². The summed E-state index contributed by atoms with van der Waals surface area (Å²) in [5.41, 5.74) is 4.33. The summed E-state index contributed by atoms with van der Waals surface area (Å²) in [6, 6.07) is 4.47. The molecule has 0 aliphatic rings. The first-order chi connectivity index (χ1) is 12.8. The van der Waals surface area contributed by atoms with Crippen molar-refractivity contribution in [1.29, 1.82) is 0 Å². The molecule has 0 saturated heterocycles. The van der Waals surface area contributed by atoms with E-state index in [4.69, 9.17) is 4.74 Å². The van der Waals surface area contributed by atoms with E-state index in [0.717, 1.165) is 31.3 Å². The second-order valence-corrected chi connectivity index (χ2v) is 7.07. The Morgan fingerprint density at radius 2 is 1.70 bits per heavy atom. The molecule has 0 aromatic heterocycles. The molecule has 0 radical (unpaired) electrons. The van der Waals surface area contributed by atoms with Crippen molar-refractivity contribution in [3.8, 4) is 11.5 Å². The fraction of sp³-hybridized carbons (Fsp3) is 0.435. The van der Waals surface area contributed by atoms with Crippen molar-refractivity contribution < 1.29 is 19.7 Å². The Balaban J connectivity index is 2.69. The van der Waals surface area contributed by atoms with Gasteiger partial charge >= 0.3 is 5.97 Å². The van der Waals surface area contributed by atoms with Crippen LogP contribution in [0.2, 0.25) is 0 Å². The fourth-order valence-corrected chi connectivity index (χ4v) is 2.61. The Morgan fingerprint density at radius 1 is 1.00 bits per heavy atom. The highest BCUT2D eigenvalue weighted by molar-refractivity contribution is 5.66. The number of aromatic hydroxyl groups is 2. The number of ether oxygens (including phenoxy) is 1. The normalized spacial score (nSPS) is 12.0. The third-order valence-electron chi connectivity index (χ3n) is 4.18. The number of esters is 1. The molecule has 1 aromatic rings. The number of carbonyl (C=O) groups is 1. The number of benzene rings is 1. The van der Waals surface area contributed by atoms with Crippen LogP contribution in [0.3, 0.4) is 0 Å². The van der Waals surface area contributed by atoms with Crippen LogP contribution in [-0.4, -0.2) is 22.8 Å². The molecule has 148 valence electrons. The van der Waals surface area contributed by atoms with Crippen molar-refractivity contribution in [3.05, 3.63) is 58.7 Å². The smallest absolute Gasteiger partial charge is 0.302 e. The predicted molar refractivity (Wildman–Crippen MR) is 110 cm³/mol. The summed E-state index contributed by atoms with van der Waals surface area (Å²) < 4.78 is 5.15. The Kier molecular flexibility index (Phi) is 10.0. The first-order valence-corrected chi connectivity index (χ1v) is 9.39. The first-order valence-electron chi connectivity index (χ1n) is 9.39. The van der Waals surface area contributed by atoms with Crippen molar-refractivity contribution >= 4 is 5.97 Å². The number of hydrogen-bond acceptors (Lipinski definition) is 4. The van der Waals surface area contributed by atoms with Gasteiger partial charge in [-0.25, -0.2) is 0 Å². The van der Waals surface area contributed by atoms with Gasteiger partial charge in [0, 0.05) is 12.5 Å². The second kappa shape index (κ2) is 12.0. The number of rotatable bonds is 10. The van der Waals surface area contributed by atoms with E-state index >= 15 is 0 Å². The Labute approximate surface area is 162 Å². The number of phenols is 2. The molecule has 0 aliphatic carbocycles. The highest BCUT2D eigenvalue weighted by Crippen LogP contribution is 2.23. The molecular weight excluding hydrogens is 340 g/mol. The average Bonchev–Trinajstić information content (AvgIpc) is 2.59. The minimum Gasteiger partial charge on any atom is -0.508 e. The topological polar surface area (TPSA) is 66.8 Å². The number of hydrogen-bond donors (Lipinski definition) is 2. The van der Waals surface area contributed by atoms with Crippen LogP contribution in [0.15, 0.2) is 53.1 Å². The van der Waals surface area contributed by atoms with Crippen molar-refractivity contribution in [3.63, 3.8) is 0 Å². The van der Waals surface area contributed by atoms with Gasteiger partial charge in [-0.2, -0.15) is 0 Å². The molecule has 1 aromatic carbocycles. The van der Waals surface area contributed by atoms with E-state index in [9.17, 15) is 15.0 Å². The molecule has 0 unspecified atom stereocenters. The molecule has 4 heteroatoms. The molecule has 0 atom stereocenters. The molecule has 0 saturated carbocycles. The van der Waals surface area contributed by atoms with Crippen molar-refractivity contribution in [2.45, 2.75) is 59.8 Å². The Bertz CT molecular complexity index is 707. The summed E-state index contributed by atoms with van der Waals surface area (Å²) in [6.45, 7) is 8.00. The van der Waals surface area contributed by atoms with Gasteiger partial charge in [-0.15, -0.1) is 0 Å². The van der Waals surface area contributed by atoms with Crippen molar-refractivity contribution in [1.82, 2.24) is 0 Å². The maximum Gasteiger partial charge on any atom is 0.302 e. The van der Waals surface area contributed by atoms with E-state index in [1.807, 2.05) is 6.08 Å². The largest absolute Gasteiger partial charge is 0.508 e. The van der Waals surface area contributed by atoms with E-state index in [0.29, 0.717) is 12.0 Å². The molecule has 0 heterocycles. The lowest BCUT2D eigenvalue weighted by Crippen LogP contribution is -2.04. The van der Waals surface area contributed by atoms with Gasteiger partial charge in [0.1, 0.15) is 18.1 Å². The maximum absolute atomic E-state index is 11.1. The molecule has 0 fully saturated rings. The van der Waals surface area contributed by atoms with Gasteiger partial charge in [-0.05, 0) is 76.6 Å². The second-order valence-electron chi connectivity index (χ2n) is 7.07. The van der Waals surface area contributed by atoms with E-state index in [2.05, 4.69) is 32.9 Å². The molecule has 0 spiro atoms. The third kappa shape index (κ3) is 10.3. The fourth-order valence-electron chi connectivity index (χ4n) is 2.61. The number of phenolic OH excluding ortho intramolecular Hbond substituents is 2. The van der Waals surface area contributed by atoms with Crippen LogP contribution in [0.5, 0.6) is 11.5 Å². The van der Waals surface area contributed by atoms with Gasteiger partial charge in [0.05, 0.1) is 0 Å². The zero-order chi connectivity index (χ0) is 20.2. The molecule has 0 aliphatic heterocycles. The van der Waals surface area contributed by atoms with Gasteiger partial charge < -0.3 is 14.9 Å². The highest BCUT2D eigenvalue weighted by Gasteiger charge is 2.04. The quantitative estimate of drug-likeness (QED) is 0.318. The van der Waals surface area contributed by atoms with Crippen LogP contribution in [0.4, 0.5) is 0 Å². The maximum atomic E-state index is 11.1. The third-order valence-corrected chi connectivity index (χ3v) is 4.18. The monoisotopic (exact) mass is 372 g/mol. The van der Waals surface area contributed by atoms with Gasteiger partial charge in [0.25, 0.3) is 0 Å². The highest BCUT2D eigenvalue weighted by atomic mass is 16.5. The summed E-state index contributed by atoms with van der Waals surface area (Å²) in [4.78, 5) is 11.1. The molecule has 27 heavy (non-hydrogen) atoms. The summed E-state index contributed by atoms with van der Waals surface area (Å²) in [5, 5.41) is 19.5. The molecule has 1 rings (SSSR count). The zero-order valence-electron chi connectivity index (χ0n) is 16.9. The molecule has 0 amide bonds. The van der Waals surface area contributed by atoms with E-state index in [-0.39, 0.29) is 24.1 Å². The molecular formula is C23H32O4. The van der Waals surface area contributed by atoms with Gasteiger partial charge in [-0.1, -0.05) is 29.4 Å². The Morgan fingerprint density at radius 3 is 2.37 bits per heavy atom. The van der Waals surface area contributed by atoms with Crippen LogP contribution in [0, 0.1) is 0 Å². The summed E-state index contributed by atoms with van der Waals surface area (Å²) in [7, 11) is 0. The molecule has 0 bridgehead atoms. The number of allylic oxidation sites excluding steroid dienone is 5. The predicted octanol–water partition coefficient (Wildman–Crippen LogP) is 5.60. The van der Waals surface area contributed by atoms with Gasteiger partial charge in [0.15, 0.2) is 0 Å². The average molecular weight is 373 g/mol. The first kappa shape index (κ1) is 22.6. The minimum absolute atomic E-state index is 0.118. The van der Waals surface area contributed by atoms with E-state index in [1.54, 1.807) is 6.07 Å².